The molecule has 0 atom stereocenters. The predicted octanol–water partition coefficient (Wildman–Crippen LogP) is 9.54. The fourth-order valence-corrected chi connectivity index (χ4v) is 7.38. The Morgan fingerprint density at radius 3 is 1.97 bits per heavy atom. The second-order valence-electron chi connectivity index (χ2n) is 11.4. The summed E-state index contributed by atoms with van der Waals surface area (Å²) in [5.74, 6) is -0.230. The van der Waals surface area contributed by atoms with E-state index < -0.39 is 11.8 Å². The van der Waals surface area contributed by atoms with E-state index in [4.69, 9.17) is 0 Å². The van der Waals surface area contributed by atoms with E-state index in [9.17, 15) is 4.39 Å². The molecule has 0 unspecified atom stereocenters. The van der Waals surface area contributed by atoms with E-state index >= 15 is 8.78 Å². The molecule has 0 bridgehead atoms. The van der Waals surface area contributed by atoms with Crippen LogP contribution in [-0.4, -0.2) is 5.92 Å². The summed E-state index contributed by atoms with van der Waals surface area (Å²) in [6, 6.07) is 6.84. The largest absolute Gasteiger partial charge is 0.251 e. The molecule has 0 amide bonds. The van der Waals surface area contributed by atoms with Gasteiger partial charge in [-0.05, 0) is 111 Å². The highest BCUT2D eigenvalue weighted by molar-refractivity contribution is 5.21. The smallest absolute Gasteiger partial charge is 0.207 e. The number of hydrogen-bond donors (Lipinski definition) is 0. The fourth-order valence-electron chi connectivity index (χ4n) is 7.38. The first kappa shape index (κ1) is 24.1. The Morgan fingerprint density at radius 1 is 0.781 bits per heavy atom. The van der Waals surface area contributed by atoms with Gasteiger partial charge in [-0.3, -0.25) is 0 Å². The van der Waals surface area contributed by atoms with Crippen molar-refractivity contribution in [3.8, 4) is 0 Å². The van der Waals surface area contributed by atoms with E-state index in [2.05, 4.69) is 6.92 Å². The maximum atomic E-state index is 15.2. The molecule has 4 rings (SSSR count). The van der Waals surface area contributed by atoms with Gasteiger partial charge < -0.3 is 0 Å². The lowest BCUT2D eigenvalue weighted by Crippen LogP contribution is -2.36. The van der Waals surface area contributed by atoms with Crippen molar-refractivity contribution < 1.29 is 13.2 Å². The molecule has 3 saturated carbocycles. The SMILES string of the molecule is CCCC1CCC(C2CCC(C(F)(F)CC3CCC(c4cccc(F)c4)CC3)CC2)CC1. The lowest BCUT2D eigenvalue weighted by molar-refractivity contribution is -0.0979. The molecule has 3 heteroatoms. The number of rotatable bonds is 7. The van der Waals surface area contributed by atoms with Crippen molar-refractivity contribution in [2.24, 2.45) is 29.6 Å². The third-order valence-corrected chi connectivity index (χ3v) is 9.35. The van der Waals surface area contributed by atoms with Crippen LogP contribution in [0, 0.1) is 35.4 Å². The van der Waals surface area contributed by atoms with Crippen molar-refractivity contribution in [1.82, 2.24) is 0 Å². The quantitative estimate of drug-likeness (QED) is 0.389. The van der Waals surface area contributed by atoms with Gasteiger partial charge in [0, 0.05) is 12.3 Å². The van der Waals surface area contributed by atoms with Gasteiger partial charge in [0.2, 0.25) is 0 Å². The molecule has 0 radical (unpaired) electrons. The highest BCUT2D eigenvalue weighted by Crippen LogP contribution is 2.48. The number of benzene rings is 1. The van der Waals surface area contributed by atoms with Crippen molar-refractivity contribution in [1.29, 1.82) is 0 Å². The van der Waals surface area contributed by atoms with E-state index in [0.717, 1.165) is 68.8 Å². The van der Waals surface area contributed by atoms with Crippen LogP contribution in [0.5, 0.6) is 0 Å². The van der Waals surface area contributed by atoms with Crippen molar-refractivity contribution in [2.45, 2.75) is 115 Å². The lowest BCUT2D eigenvalue weighted by Gasteiger charge is -2.40. The van der Waals surface area contributed by atoms with Gasteiger partial charge in [-0.2, -0.15) is 0 Å². The van der Waals surface area contributed by atoms with Crippen LogP contribution in [0.15, 0.2) is 24.3 Å². The van der Waals surface area contributed by atoms with Crippen LogP contribution in [0.3, 0.4) is 0 Å². The first-order chi connectivity index (χ1) is 15.4. The van der Waals surface area contributed by atoms with Gasteiger partial charge in [-0.1, -0.05) is 44.7 Å². The zero-order chi connectivity index (χ0) is 22.6. The second-order valence-corrected chi connectivity index (χ2v) is 11.4. The summed E-state index contributed by atoms with van der Waals surface area (Å²) >= 11 is 0. The summed E-state index contributed by atoms with van der Waals surface area (Å²) in [5.41, 5.74) is 1.04. The molecule has 32 heavy (non-hydrogen) atoms. The molecule has 1 aromatic carbocycles. The Bertz CT molecular complexity index is 690. The highest BCUT2D eigenvalue weighted by atomic mass is 19.3. The Balaban J connectivity index is 1.20. The van der Waals surface area contributed by atoms with E-state index in [1.54, 1.807) is 12.1 Å². The monoisotopic (exact) mass is 448 g/mol. The Hall–Kier alpha value is -0.990. The Labute approximate surface area is 193 Å². The standard InChI is InChI=1S/C29H43F3/c1-2-4-21-7-11-23(12-8-21)24-15-17-27(18-16-24)29(31,32)20-22-9-13-25(14-10-22)26-5-3-6-28(30)19-26/h3,5-6,19,21-25,27H,2,4,7-18,20H2,1H3. The van der Waals surface area contributed by atoms with E-state index in [-0.39, 0.29) is 18.2 Å². The van der Waals surface area contributed by atoms with Gasteiger partial charge >= 0.3 is 0 Å². The van der Waals surface area contributed by atoms with E-state index in [0.29, 0.717) is 11.8 Å². The highest BCUT2D eigenvalue weighted by Gasteiger charge is 2.44. The lowest BCUT2D eigenvalue weighted by atomic mass is 9.67. The summed E-state index contributed by atoms with van der Waals surface area (Å²) < 4.78 is 44.0. The van der Waals surface area contributed by atoms with Crippen LogP contribution in [-0.2, 0) is 0 Å². The van der Waals surface area contributed by atoms with Gasteiger partial charge in [0.1, 0.15) is 5.82 Å². The zero-order valence-electron chi connectivity index (χ0n) is 20.0. The van der Waals surface area contributed by atoms with Gasteiger partial charge in [0.05, 0.1) is 0 Å². The van der Waals surface area contributed by atoms with Crippen LogP contribution < -0.4 is 0 Å². The van der Waals surface area contributed by atoms with Crippen molar-refractivity contribution in [3.05, 3.63) is 35.6 Å². The van der Waals surface area contributed by atoms with Crippen LogP contribution >= 0.6 is 0 Å². The zero-order valence-corrected chi connectivity index (χ0v) is 20.0. The van der Waals surface area contributed by atoms with Crippen molar-refractivity contribution in [3.63, 3.8) is 0 Å². The molecule has 0 saturated heterocycles. The van der Waals surface area contributed by atoms with Crippen LogP contribution in [0.25, 0.3) is 0 Å². The average Bonchev–Trinajstić information content (AvgIpc) is 2.80. The Kier molecular flexibility index (Phi) is 8.27. The average molecular weight is 449 g/mol. The van der Waals surface area contributed by atoms with E-state index in [1.807, 2.05) is 6.07 Å². The first-order valence-corrected chi connectivity index (χ1v) is 13.6. The molecule has 0 heterocycles. The molecule has 3 aliphatic rings. The first-order valence-electron chi connectivity index (χ1n) is 13.6. The van der Waals surface area contributed by atoms with Crippen LogP contribution in [0.2, 0.25) is 0 Å². The van der Waals surface area contributed by atoms with Gasteiger partial charge in [0.25, 0.3) is 5.92 Å². The molecule has 0 aromatic heterocycles. The van der Waals surface area contributed by atoms with E-state index in [1.165, 1.54) is 44.6 Å². The summed E-state index contributed by atoms with van der Waals surface area (Å²) in [6.07, 6.45) is 15.2. The molecule has 180 valence electrons. The predicted molar refractivity (Wildman–Crippen MR) is 126 cm³/mol. The summed E-state index contributed by atoms with van der Waals surface area (Å²) in [6.45, 7) is 2.28. The fraction of sp³-hybridized carbons (Fsp3) is 0.793. The molecule has 3 aliphatic carbocycles. The molecule has 0 nitrogen and oxygen atoms in total. The summed E-state index contributed by atoms with van der Waals surface area (Å²) in [5, 5.41) is 0. The van der Waals surface area contributed by atoms with Crippen molar-refractivity contribution >= 4 is 0 Å². The van der Waals surface area contributed by atoms with Crippen LogP contribution in [0.4, 0.5) is 13.2 Å². The normalized spacial score (nSPS) is 34.4. The minimum absolute atomic E-state index is 0.0698. The van der Waals surface area contributed by atoms with Crippen LogP contribution in [0.1, 0.15) is 115 Å². The van der Waals surface area contributed by atoms with Crippen molar-refractivity contribution in [2.75, 3.05) is 0 Å². The second kappa shape index (κ2) is 11.0. The number of hydrogen-bond acceptors (Lipinski definition) is 0. The third kappa shape index (κ3) is 6.11. The van der Waals surface area contributed by atoms with Gasteiger partial charge in [0.15, 0.2) is 0 Å². The number of halogens is 3. The summed E-state index contributed by atoms with van der Waals surface area (Å²) in [4.78, 5) is 0. The molecular weight excluding hydrogens is 405 g/mol. The molecule has 0 aliphatic heterocycles. The minimum atomic E-state index is -2.51. The van der Waals surface area contributed by atoms with Gasteiger partial charge in [-0.25, -0.2) is 13.2 Å². The molecule has 3 fully saturated rings. The maximum absolute atomic E-state index is 15.2. The third-order valence-electron chi connectivity index (χ3n) is 9.35. The summed E-state index contributed by atoms with van der Waals surface area (Å²) in [7, 11) is 0. The number of alkyl halides is 2. The Morgan fingerprint density at radius 2 is 1.38 bits per heavy atom. The molecular formula is C29H43F3. The maximum Gasteiger partial charge on any atom is 0.251 e. The van der Waals surface area contributed by atoms with Gasteiger partial charge in [-0.15, -0.1) is 0 Å². The molecule has 0 N–H and O–H groups in total. The molecule has 1 aromatic rings. The topological polar surface area (TPSA) is 0 Å². The molecule has 0 spiro atoms. The minimum Gasteiger partial charge on any atom is -0.207 e.